The summed E-state index contributed by atoms with van der Waals surface area (Å²) in [4.78, 5) is 35.8. The Morgan fingerprint density at radius 3 is 1.00 bits per heavy atom. The first-order valence-corrected chi connectivity index (χ1v) is 36.2. The Kier molecular flexibility index (Phi) is 60.4. The van der Waals surface area contributed by atoms with E-state index in [2.05, 4.69) is 50.3 Å². The standard InChI is InChI=1S/C70H134NO8P/c1-6-8-10-12-14-16-18-20-22-24-26-28-29-30-31-32-33-34-35-36-37-38-39-40-41-43-44-46-48-50-52-54-56-58-60-62-69(72)76-66-68(67-78-80(74,75)77-65-64-71(3,4)5)79-70(73)63-61-59-57-55-53-51-49-47-45-42-27-25-23-21-19-17-15-13-11-9-7-2/h19,21,25,27,45,47,68H,6-18,20,22-24,26,28-44,46,48-67H2,1-5H3/p+1/b21-19-,27-25-,47-45-. The highest BCUT2D eigenvalue weighted by molar-refractivity contribution is 7.47. The van der Waals surface area contributed by atoms with Crippen LogP contribution in [0.15, 0.2) is 36.5 Å². The van der Waals surface area contributed by atoms with Gasteiger partial charge in [-0.2, -0.15) is 0 Å². The van der Waals surface area contributed by atoms with E-state index in [1.807, 2.05) is 21.1 Å². The van der Waals surface area contributed by atoms with Gasteiger partial charge in [0.1, 0.15) is 19.8 Å². The van der Waals surface area contributed by atoms with E-state index in [-0.39, 0.29) is 25.6 Å². The van der Waals surface area contributed by atoms with Gasteiger partial charge in [-0.25, -0.2) is 4.57 Å². The Hall–Kier alpha value is -1.77. The predicted molar refractivity (Wildman–Crippen MR) is 344 cm³/mol. The minimum Gasteiger partial charge on any atom is -0.462 e. The number of carbonyl (C=O) groups excluding carboxylic acids is 2. The number of likely N-dealkylation sites (N-methyl/N-ethyl adjacent to an activating group) is 1. The molecule has 0 bridgehead atoms. The number of hydrogen-bond donors (Lipinski definition) is 1. The predicted octanol–water partition coefficient (Wildman–Crippen LogP) is 22.3. The third kappa shape index (κ3) is 65.4. The molecule has 0 aliphatic carbocycles. The van der Waals surface area contributed by atoms with E-state index in [0.717, 1.165) is 70.6 Å². The van der Waals surface area contributed by atoms with Gasteiger partial charge in [0.15, 0.2) is 6.10 Å². The van der Waals surface area contributed by atoms with Crippen LogP contribution in [0.25, 0.3) is 0 Å². The van der Waals surface area contributed by atoms with E-state index in [1.54, 1.807) is 0 Å². The largest absolute Gasteiger partial charge is 0.472 e. The van der Waals surface area contributed by atoms with Gasteiger partial charge in [0.05, 0.1) is 27.7 Å². The lowest BCUT2D eigenvalue weighted by Gasteiger charge is -2.24. The fourth-order valence-corrected chi connectivity index (χ4v) is 11.1. The molecule has 0 spiro atoms. The van der Waals surface area contributed by atoms with Crippen LogP contribution in [0, 0.1) is 0 Å². The summed E-state index contributed by atoms with van der Waals surface area (Å²) in [6.07, 6.45) is 78.4. The monoisotopic (exact) mass is 1150 g/mol. The number of nitrogens with zero attached hydrogens (tertiary/aromatic N) is 1. The van der Waals surface area contributed by atoms with Crippen molar-refractivity contribution in [3.05, 3.63) is 36.5 Å². The molecule has 0 aromatic heterocycles. The van der Waals surface area contributed by atoms with Crippen LogP contribution >= 0.6 is 7.82 Å². The van der Waals surface area contributed by atoms with Crippen LogP contribution in [-0.4, -0.2) is 74.9 Å². The van der Waals surface area contributed by atoms with E-state index in [4.69, 9.17) is 18.5 Å². The SMILES string of the molecule is CCCCCCC/C=C\C/C=C\C/C=C\CCCCCCCCC(=O)OC(COC(=O)CCCCCCCCCCCCCCCCCCCCCCCCCCCCCCCCCCCCC)COP(=O)(O)OCC[N+](C)(C)C. The van der Waals surface area contributed by atoms with Crippen molar-refractivity contribution in [1.82, 2.24) is 0 Å². The molecule has 1 N–H and O–H groups in total. The minimum atomic E-state index is -4.39. The Morgan fingerprint density at radius 2 is 0.675 bits per heavy atom. The molecule has 0 rings (SSSR count). The lowest BCUT2D eigenvalue weighted by Crippen LogP contribution is -2.37. The normalized spacial score (nSPS) is 13.3. The molecule has 80 heavy (non-hydrogen) atoms. The molecule has 0 fully saturated rings. The summed E-state index contributed by atoms with van der Waals surface area (Å²) in [5.74, 6) is -0.796. The fourth-order valence-electron chi connectivity index (χ4n) is 10.3. The molecular weight excluding hydrogens is 1010 g/mol. The average Bonchev–Trinajstić information content (AvgIpc) is 3.42. The number of quaternary nitrogens is 1. The zero-order valence-electron chi connectivity index (χ0n) is 53.8. The van der Waals surface area contributed by atoms with Gasteiger partial charge in [-0.3, -0.25) is 18.6 Å². The number of unbranched alkanes of at least 4 members (excludes halogenated alkanes) is 45. The van der Waals surface area contributed by atoms with Crippen LogP contribution in [0.1, 0.15) is 348 Å². The molecular formula is C70H135NO8P+. The van der Waals surface area contributed by atoms with Crippen molar-refractivity contribution in [2.45, 2.75) is 354 Å². The molecule has 9 nitrogen and oxygen atoms in total. The van der Waals surface area contributed by atoms with E-state index in [0.29, 0.717) is 23.9 Å². The van der Waals surface area contributed by atoms with Gasteiger partial charge in [0.2, 0.25) is 0 Å². The van der Waals surface area contributed by atoms with Crippen molar-refractivity contribution in [1.29, 1.82) is 0 Å². The molecule has 0 radical (unpaired) electrons. The van der Waals surface area contributed by atoms with Crippen LogP contribution in [0.5, 0.6) is 0 Å². The summed E-state index contributed by atoms with van der Waals surface area (Å²) in [6.45, 7) is 4.46. The molecule has 0 saturated carbocycles. The first-order chi connectivity index (χ1) is 39.0. The van der Waals surface area contributed by atoms with Crippen LogP contribution in [-0.2, 0) is 32.7 Å². The highest BCUT2D eigenvalue weighted by Gasteiger charge is 2.27. The second-order valence-electron chi connectivity index (χ2n) is 24.9. The maximum atomic E-state index is 12.8. The Balaban J connectivity index is 3.96. The van der Waals surface area contributed by atoms with Gasteiger partial charge in [0.25, 0.3) is 0 Å². The summed E-state index contributed by atoms with van der Waals surface area (Å²) in [5, 5.41) is 0. The summed E-state index contributed by atoms with van der Waals surface area (Å²) in [7, 11) is 1.48. The number of allylic oxidation sites excluding steroid dienone is 6. The summed E-state index contributed by atoms with van der Waals surface area (Å²) >= 11 is 0. The summed E-state index contributed by atoms with van der Waals surface area (Å²) < 4.78 is 34.7. The molecule has 0 aromatic carbocycles. The van der Waals surface area contributed by atoms with Gasteiger partial charge in [-0.1, -0.05) is 320 Å². The fraction of sp³-hybridized carbons (Fsp3) is 0.886. The molecule has 0 amide bonds. The van der Waals surface area contributed by atoms with Crippen LogP contribution in [0.2, 0.25) is 0 Å². The molecule has 0 aliphatic heterocycles. The molecule has 2 atom stereocenters. The molecule has 2 unspecified atom stereocenters. The van der Waals surface area contributed by atoms with E-state index >= 15 is 0 Å². The Bertz CT molecular complexity index is 1440. The number of rotatable bonds is 65. The Labute approximate surface area is 497 Å². The zero-order chi connectivity index (χ0) is 58.4. The molecule has 472 valence electrons. The third-order valence-electron chi connectivity index (χ3n) is 15.7. The highest BCUT2D eigenvalue weighted by atomic mass is 31.2. The number of hydrogen-bond acceptors (Lipinski definition) is 7. The topological polar surface area (TPSA) is 108 Å². The van der Waals surface area contributed by atoms with Gasteiger partial charge in [0, 0.05) is 12.8 Å². The summed E-state index contributed by atoms with van der Waals surface area (Å²) in [6, 6.07) is 0. The maximum Gasteiger partial charge on any atom is 0.472 e. The van der Waals surface area contributed by atoms with Crippen molar-refractivity contribution >= 4 is 19.8 Å². The third-order valence-corrected chi connectivity index (χ3v) is 16.7. The van der Waals surface area contributed by atoms with Crippen molar-refractivity contribution in [2.24, 2.45) is 0 Å². The number of ether oxygens (including phenoxy) is 2. The van der Waals surface area contributed by atoms with E-state index in [1.165, 1.54) is 244 Å². The average molecular weight is 1150 g/mol. The molecule has 0 saturated heterocycles. The van der Waals surface area contributed by atoms with Crippen LogP contribution in [0.4, 0.5) is 0 Å². The minimum absolute atomic E-state index is 0.0302. The smallest absolute Gasteiger partial charge is 0.462 e. The van der Waals surface area contributed by atoms with Gasteiger partial charge >= 0.3 is 19.8 Å². The van der Waals surface area contributed by atoms with E-state index in [9.17, 15) is 19.0 Å². The number of phosphoric acid groups is 1. The molecule has 0 aromatic rings. The van der Waals surface area contributed by atoms with Crippen molar-refractivity contribution in [3.8, 4) is 0 Å². The number of phosphoric ester groups is 1. The first-order valence-electron chi connectivity index (χ1n) is 34.7. The zero-order valence-corrected chi connectivity index (χ0v) is 54.7. The van der Waals surface area contributed by atoms with Crippen molar-refractivity contribution in [2.75, 3.05) is 47.5 Å². The second kappa shape index (κ2) is 61.8. The lowest BCUT2D eigenvalue weighted by atomic mass is 10.0. The maximum absolute atomic E-state index is 12.8. The Morgan fingerprint density at radius 1 is 0.388 bits per heavy atom. The molecule has 0 aliphatic rings. The van der Waals surface area contributed by atoms with Gasteiger partial charge < -0.3 is 18.9 Å². The summed E-state index contributed by atoms with van der Waals surface area (Å²) in [5.41, 5.74) is 0. The number of carbonyl (C=O) groups is 2. The first kappa shape index (κ1) is 78.2. The van der Waals surface area contributed by atoms with Gasteiger partial charge in [-0.05, 0) is 51.4 Å². The van der Waals surface area contributed by atoms with Crippen LogP contribution < -0.4 is 0 Å². The lowest BCUT2D eigenvalue weighted by molar-refractivity contribution is -0.870. The van der Waals surface area contributed by atoms with Crippen molar-refractivity contribution in [3.63, 3.8) is 0 Å². The van der Waals surface area contributed by atoms with Gasteiger partial charge in [-0.15, -0.1) is 0 Å². The van der Waals surface area contributed by atoms with Crippen molar-refractivity contribution < 1.29 is 42.1 Å². The van der Waals surface area contributed by atoms with E-state index < -0.39 is 26.5 Å². The number of esters is 2. The second-order valence-corrected chi connectivity index (χ2v) is 26.4. The quantitative estimate of drug-likeness (QED) is 0.0211. The highest BCUT2D eigenvalue weighted by Crippen LogP contribution is 2.43. The molecule has 10 heteroatoms. The molecule has 0 heterocycles. The van der Waals surface area contributed by atoms with Crippen LogP contribution in [0.3, 0.4) is 0 Å².